The SMILES string of the molecule is F.F.O=P(O)(O)O.OO. The summed E-state index contributed by atoms with van der Waals surface area (Å²) in [7, 11) is -4.64. The van der Waals surface area contributed by atoms with Crippen molar-refractivity contribution in [3.05, 3.63) is 0 Å². The molecular weight excluding hydrogens is 165 g/mol. The molecule has 0 rings (SSSR count). The molecule has 0 aliphatic heterocycles. The van der Waals surface area contributed by atoms with Crippen LogP contribution in [0.15, 0.2) is 0 Å². The van der Waals surface area contributed by atoms with Gasteiger partial charge in [-0.1, -0.05) is 0 Å². The second-order valence-corrected chi connectivity index (χ2v) is 1.54. The molecule has 0 unspecified atom stereocenters. The molecule has 0 aromatic rings. The molecule has 0 aromatic heterocycles. The van der Waals surface area contributed by atoms with E-state index >= 15 is 0 Å². The van der Waals surface area contributed by atoms with Crippen LogP contribution >= 0.6 is 7.82 Å². The lowest BCUT2D eigenvalue weighted by molar-refractivity contribution is -0.176. The van der Waals surface area contributed by atoms with Gasteiger partial charge in [0.15, 0.2) is 0 Å². The van der Waals surface area contributed by atoms with Crippen molar-refractivity contribution in [2.24, 2.45) is 0 Å². The fourth-order valence-electron chi connectivity index (χ4n) is 0. The van der Waals surface area contributed by atoms with E-state index in [1.54, 1.807) is 0 Å². The van der Waals surface area contributed by atoms with Gasteiger partial charge in [0.2, 0.25) is 0 Å². The van der Waals surface area contributed by atoms with Crippen LogP contribution in [0.3, 0.4) is 0 Å². The minimum Gasteiger partial charge on any atom is -0.303 e. The third-order valence-electron chi connectivity index (χ3n) is 0. The normalized spacial score (nSPS) is 7.22. The molecule has 0 saturated carbocycles. The van der Waals surface area contributed by atoms with E-state index in [9.17, 15) is 0 Å². The van der Waals surface area contributed by atoms with Crippen molar-refractivity contribution >= 4 is 7.82 Å². The quantitative estimate of drug-likeness (QED) is 0.189. The van der Waals surface area contributed by atoms with Crippen LogP contribution in [0.25, 0.3) is 0 Å². The zero-order valence-electron chi connectivity index (χ0n) is 3.91. The predicted octanol–water partition coefficient (Wildman–Crippen LogP) is -0.606. The van der Waals surface area contributed by atoms with Crippen molar-refractivity contribution < 1.29 is 39.2 Å². The first-order valence-corrected chi connectivity index (χ1v) is 2.55. The number of hydrogen-bond donors (Lipinski definition) is 5. The summed E-state index contributed by atoms with van der Waals surface area (Å²) < 4.78 is 8.88. The Morgan fingerprint density at radius 3 is 0.889 bits per heavy atom. The van der Waals surface area contributed by atoms with E-state index < -0.39 is 7.82 Å². The molecule has 0 atom stereocenters. The van der Waals surface area contributed by atoms with Crippen LogP contribution in [0, 0.1) is 0 Å². The molecule has 5 N–H and O–H groups in total. The zero-order valence-corrected chi connectivity index (χ0v) is 4.80. The maximum Gasteiger partial charge on any atom is 0.466 e. The Labute approximate surface area is 48.3 Å². The summed E-state index contributed by atoms with van der Waals surface area (Å²) in [5, 5.41) is 12.0. The molecule has 9 heavy (non-hydrogen) atoms. The summed E-state index contributed by atoms with van der Waals surface area (Å²) in [4.78, 5) is 21.6. The van der Waals surface area contributed by atoms with Crippen molar-refractivity contribution in [3.8, 4) is 0 Å². The average molecular weight is 172 g/mol. The molecule has 0 amide bonds. The van der Waals surface area contributed by atoms with E-state index in [1.807, 2.05) is 0 Å². The molecule has 0 bridgehead atoms. The minimum absolute atomic E-state index is 0. The first kappa shape index (κ1) is 23.1. The lowest BCUT2D eigenvalue weighted by Gasteiger charge is -1.82. The van der Waals surface area contributed by atoms with Crippen molar-refractivity contribution in [2.75, 3.05) is 0 Å². The number of halogens is 2. The van der Waals surface area contributed by atoms with Gasteiger partial charge < -0.3 is 14.7 Å². The van der Waals surface area contributed by atoms with Gasteiger partial charge >= 0.3 is 7.82 Å². The van der Waals surface area contributed by atoms with Gasteiger partial charge in [-0.25, -0.2) is 4.57 Å². The Morgan fingerprint density at radius 2 is 0.889 bits per heavy atom. The van der Waals surface area contributed by atoms with Crippen LogP contribution in [0.1, 0.15) is 0 Å². The summed E-state index contributed by atoms with van der Waals surface area (Å²) in [6.45, 7) is 0. The van der Waals surface area contributed by atoms with Gasteiger partial charge in [0, 0.05) is 0 Å². The lowest BCUT2D eigenvalue weighted by atomic mass is 15.0. The highest BCUT2D eigenvalue weighted by molar-refractivity contribution is 7.45. The summed E-state index contributed by atoms with van der Waals surface area (Å²) >= 11 is 0. The van der Waals surface area contributed by atoms with Gasteiger partial charge in [-0.15, -0.1) is 0 Å². The van der Waals surface area contributed by atoms with E-state index in [4.69, 9.17) is 29.8 Å². The van der Waals surface area contributed by atoms with Gasteiger partial charge in [0.05, 0.1) is 0 Å². The Balaban J connectivity index is -0.0000000286. The van der Waals surface area contributed by atoms with Crippen LogP contribution in [-0.4, -0.2) is 25.2 Å². The first-order valence-electron chi connectivity index (χ1n) is 0.983. The minimum atomic E-state index is -4.64. The third-order valence-corrected chi connectivity index (χ3v) is 0. The summed E-state index contributed by atoms with van der Waals surface area (Å²) in [6, 6.07) is 0. The van der Waals surface area contributed by atoms with Gasteiger partial charge in [-0.3, -0.25) is 19.9 Å². The molecule has 6 nitrogen and oxygen atoms in total. The van der Waals surface area contributed by atoms with Crippen LogP contribution in [-0.2, 0) is 4.57 Å². The number of rotatable bonds is 0. The van der Waals surface area contributed by atoms with Crippen LogP contribution in [0.2, 0.25) is 0 Å². The fraction of sp³-hybridized carbons (Fsp3) is 0. The molecule has 0 spiro atoms. The Kier molecular flexibility index (Phi) is 27.8. The highest BCUT2D eigenvalue weighted by atomic mass is 31.2. The number of phosphoric acid groups is 1. The fourth-order valence-corrected chi connectivity index (χ4v) is 0. The third kappa shape index (κ3) is 22600. The molecular formula is H7F2O6P. The van der Waals surface area contributed by atoms with E-state index in [1.165, 1.54) is 0 Å². The topological polar surface area (TPSA) is 118 Å². The van der Waals surface area contributed by atoms with Crippen LogP contribution in [0.5, 0.6) is 0 Å². The van der Waals surface area contributed by atoms with E-state index in [0.29, 0.717) is 0 Å². The molecule has 0 saturated heterocycles. The van der Waals surface area contributed by atoms with Crippen LogP contribution < -0.4 is 0 Å². The number of hydrogen-bond acceptors (Lipinski definition) is 3. The lowest BCUT2D eigenvalue weighted by Crippen LogP contribution is -1.66. The van der Waals surface area contributed by atoms with Crippen molar-refractivity contribution in [1.82, 2.24) is 0 Å². The molecule has 0 aromatic carbocycles. The Hall–Kier alpha value is -0.110. The zero-order chi connectivity index (χ0) is 6.50. The monoisotopic (exact) mass is 172 g/mol. The second-order valence-electron chi connectivity index (χ2n) is 0.513. The molecule has 0 aliphatic rings. The molecule has 0 heterocycles. The van der Waals surface area contributed by atoms with Crippen molar-refractivity contribution in [2.45, 2.75) is 0 Å². The maximum absolute atomic E-state index is 8.88. The highest BCUT2D eigenvalue weighted by Gasteiger charge is 2.00. The highest BCUT2D eigenvalue weighted by Crippen LogP contribution is 2.25. The summed E-state index contributed by atoms with van der Waals surface area (Å²) in [5.74, 6) is 0. The average Bonchev–Trinajstić information content (AvgIpc) is 1.36. The van der Waals surface area contributed by atoms with Crippen molar-refractivity contribution in [3.63, 3.8) is 0 Å². The van der Waals surface area contributed by atoms with Gasteiger partial charge in [-0.05, 0) is 0 Å². The maximum atomic E-state index is 8.88. The molecule has 0 radical (unpaired) electrons. The summed E-state index contributed by atoms with van der Waals surface area (Å²) in [6.07, 6.45) is 0. The second kappa shape index (κ2) is 10.8. The Morgan fingerprint density at radius 1 is 0.889 bits per heavy atom. The Bertz CT molecular complexity index is 57.2. The van der Waals surface area contributed by atoms with Gasteiger partial charge in [0.1, 0.15) is 0 Å². The van der Waals surface area contributed by atoms with E-state index in [0.717, 1.165) is 0 Å². The van der Waals surface area contributed by atoms with Crippen molar-refractivity contribution in [1.29, 1.82) is 0 Å². The predicted molar refractivity (Wildman–Crippen MR) is 24.5 cm³/mol. The van der Waals surface area contributed by atoms with E-state index in [2.05, 4.69) is 0 Å². The van der Waals surface area contributed by atoms with Gasteiger partial charge in [-0.2, -0.15) is 0 Å². The van der Waals surface area contributed by atoms with Crippen LogP contribution in [0.4, 0.5) is 9.41 Å². The van der Waals surface area contributed by atoms with Gasteiger partial charge in [0.25, 0.3) is 0 Å². The molecule has 9 heteroatoms. The molecule has 62 valence electrons. The largest absolute Gasteiger partial charge is 0.466 e. The first-order chi connectivity index (χ1) is 3.00. The molecule has 0 fully saturated rings. The standard InChI is InChI=1S/2FH.H3O4P.H2O2/c;;1-5(2,3)4;1-2/h2*1H;(H3,1,2,3,4);1-2H. The summed E-state index contributed by atoms with van der Waals surface area (Å²) in [5.41, 5.74) is 0. The molecule has 0 aliphatic carbocycles. The van der Waals surface area contributed by atoms with E-state index in [-0.39, 0.29) is 9.41 Å². The smallest absolute Gasteiger partial charge is 0.303 e.